The Morgan fingerprint density at radius 2 is 1.81 bits per heavy atom. The molecular weight excluding hydrogens is 421 g/mol. The summed E-state index contributed by atoms with van der Waals surface area (Å²) in [5.41, 5.74) is -0.00350. The first-order valence-electron chi connectivity index (χ1n) is 7.90. The fourth-order valence-electron chi connectivity index (χ4n) is 2.26. The van der Waals surface area contributed by atoms with Crippen LogP contribution in [0, 0.1) is 5.82 Å². The Kier molecular flexibility index (Phi) is 5.18. The van der Waals surface area contributed by atoms with Gasteiger partial charge in [0.2, 0.25) is 0 Å². The maximum Gasteiger partial charge on any atom is 0.350 e. The third kappa shape index (κ3) is 4.65. The number of cyclic esters (lactones) is 2. The third-order valence-electron chi connectivity index (χ3n) is 3.46. The molecule has 0 atom stereocenters. The molecular formula is C19H15BrFNO5. The summed E-state index contributed by atoms with van der Waals surface area (Å²) in [4.78, 5) is 23.7. The van der Waals surface area contributed by atoms with Gasteiger partial charge in [0.15, 0.2) is 17.1 Å². The van der Waals surface area contributed by atoms with Gasteiger partial charge in [-0.3, -0.25) is 0 Å². The van der Waals surface area contributed by atoms with Crippen LogP contribution in [-0.2, 0) is 19.1 Å². The lowest BCUT2D eigenvalue weighted by molar-refractivity contribution is -0.222. The van der Waals surface area contributed by atoms with Gasteiger partial charge in [0.05, 0.1) is 0 Å². The fraction of sp³-hybridized carbons (Fsp3) is 0.158. The lowest BCUT2D eigenvalue weighted by Crippen LogP contribution is -2.42. The summed E-state index contributed by atoms with van der Waals surface area (Å²) < 4.78 is 30.5. The minimum absolute atomic E-state index is 0.0320. The second-order valence-electron chi connectivity index (χ2n) is 6.09. The number of nitrogens with one attached hydrogen (secondary N) is 1. The zero-order chi connectivity index (χ0) is 19.6. The van der Waals surface area contributed by atoms with E-state index in [1.807, 2.05) is 6.07 Å². The zero-order valence-corrected chi connectivity index (χ0v) is 16.0. The normalized spacial score (nSPS) is 15.6. The van der Waals surface area contributed by atoms with Crippen LogP contribution in [-0.4, -0.2) is 17.7 Å². The van der Waals surface area contributed by atoms with Crippen molar-refractivity contribution in [2.45, 2.75) is 19.6 Å². The molecule has 140 valence electrons. The standard InChI is InChI=1S/C19H15BrFNO5/c1-19(2)26-17(23)14(18(24)27-19)10-22-12-6-7-16(15(21)9-12)25-13-5-3-4-11(20)8-13/h3-10,22H,1-2H3. The molecule has 0 radical (unpaired) electrons. The summed E-state index contributed by atoms with van der Waals surface area (Å²) in [6, 6.07) is 11.1. The van der Waals surface area contributed by atoms with Gasteiger partial charge in [0, 0.05) is 36.3 Å². The number of benzene rings is 2. The molecule has 27 heavy (non-hydrogen) atoms. The van der Waals surface area contributed by atoms with E-state index in [-0.39, 0.29) is 11.3 Å². The second-order valence-corrected chi connectivity index (χ2v) is 7.00. The number of ether oxygens (including phenoxy) is 3. The van der Waals surface area contributed by atoms with Crippen molar-refractivity contribution in [3.05, 3.63) is 64.5 Å². The number of esters is 2. The van der Waals surface area contributed by atoms with E-state index in [9.17, 15) is 14.0 Å². The molecule has 1 aliphatic rings. The molecule has 8 heteroatoms. The van der Waals surface area contributed by atoms with Crippen molar-refractivity contribution < 1.29 is 28.2 Å². The highest BCUT2D eigenvalue weighted by molar-refractivity contribution is 9.10. The predicted octanol–water partition coefficient (Wildman–Crippen LogP) is 4.51. The van der Waals surface area contributed by atoms with Crippen molar-refractivity contribution in [1.29, 1.82) is 0 Å². The molecule has 0 bridgehead atoms. The first-order valence-corrected chi connectivity index (χ1v) is 8.69. The molecule has 2 aromatic carbocycles. The Morgan fingerprint density at radius 3 is 2.44 bits per heavy atom. The van der Waals surface area contributed by atoms with Gasteiger partial charge < -0.3 is 19.5 Å². The average molecular weight is 436 g/mol. The van der Waals surface area contributed by atoms with E-state index in [2.05, 4.69) is 21.2 Å². The van der Waals surface area contributed by atoms with Gasteiger partial charge in [-0.25, -0.2) is 14.0 Å². The number of carbonyl (C=O) groups is 2. The molecule has 0 aromatic heterocycles. The third-order valence-corrected chi connectivity index (χ3v) is 3.95. The molecule has 1 saturated heterocycles. The molecule has 0 unspecified atom stereocenters. The molecule has 0 saturated carbocycles. The van der Waals surface area contributed by atoms with Crippen LogP contribution in [0.1, 0.15) is 13.8 Å². The largest absolute Gasteiger partial charge is 0.454 e. The number of hydrogen-bond acceptors (Lipinski definition) is 6. The van der Waals surface area contributed by atoms with Gasteiger partial charge in [-0.15, -0.1) is 0 Å². The van der Waals surface area contributed by atoms with Crippen LogP contribution in [0.15, 0.2) is 58.7 Å². The molecule has 6 nitrogen and oxygen atoms in total. The van der Waals surface area contributed by atoms with Crippen LogP contribution in [0.3, 0.4) is 0 Å². The van der Waals surface area contributed by atoms with E-state index in [4.69, 9.17) is 14.2 Å². The van der Waals surface area contributed by atoms with Crippen LogP contribution in [0.4, 0.5) is 10.1 Å². The van der Waals surface area contributed by atoms with Crippen molar-refractivity contribution in [2.24, 2.45) is 0 Å². The number of hydrogen-bond donors (Lipinski definition) is 1. The Morgan fingerprint density at radius 1 is 1.11 bits per heavy atom. The summed E-state index contributed by atoms with van der Waals surface area (Å²) in [5.74, 6) is -3.07. The SMILES string of the molecule is CC1(C)OC(=O)C(=CNc2ccc(Oc3cccc(Br)c3)c(F)c2)C(=O)O1. The van der Waals surface area contributed by atoms with E-state index in [1.165, 1.54) is 32.0 Å². The molecule has 0 aliphatic carbocycles. The first-order chi connectivity index (χ1) is 12.7. The van der Waals surface area contributed by atoms with Gasteiger partial charge in [0.1, 0.15) is 5.75 Å². The minimum Gasteiger partial charge on any atom is -0.454 e. The maximum atomic E-state index is 14.3. The topological polar surface area (TPSA) is 73.9 Å². The Balaban J connectivity index is 1.73. The monoisotopic (exact) mass is 435 g/mol. The van der Waals surface area contributed by atoms with Crippen molar-refractivity contribution in [3.63, 3.8) is 0 Å². The summed E-state index contributed by atoms with van der Waals surface area (Å²) in [6.07, 6.45) is 1.11. The maximum absolute atomic E-state index is 14.3. The predicted molar refractivity (Wildman–Crippen MR) is 98.6 cm³/mol. The van der Waals surface area contributed by atoms with Crippen LogP contribution >= 0.6 is 15.9 Å². The Bertz CT molecular complexity index is 919. The van der Waals surface area contributed by atoms with Gasteiger partial charge in [-0.1, -0.05) is 22.0 Å². The summed E-state index contributed by atoms with van der Waals surface area (Å²) in [6.45, 7) is 2.90. The average Bonchev–Trinajstić information content (AvgIpc) is 2.55. The summed E-state index contributed by atoms with van der Waals surface area (Å²) in [5, 5.41) is 2.68. The molecule has 1 N–H and O–H groups in total. The first kappa shape index (κ1) is 18.9. The Hall–Kier alpha value is -2.87. The number of halogens is 2. The highest BCUT2D eigenvalue weighted by atomic mass is 79.9. The van der Waals surface area contributed by atoms with Crippen LogP contribution in [0.5, 0.6) is 11.5 Å². The lowest BCUT2D eigenvalue weighted by Gasteiger charge is -2.29. The van der Waals surface area contributed by atoms with Gasteiger partial charge in [-0.2, -0.15) is 0 Å². The highest BCUT2D eigenvalue weighted by Crippen LogP contribution is 2.29. The van der Waals surface area contributed by atoms with Crippen LogP contribution in [0.2, 0.25) is 0 Å². The molecule has 1 aliphatic heterocycles. The van der Waals surface area contributed by atoms with Crippen LogP contribution < -0.4 is 10.1 Å². The van der Waals surface area contributed by atoms with Gasteiger partial charge >= 0.3 is 11.9 Å². The number of anilines is 1. The smallest absolute Gasteiger partial charge is 0.350 e. The van der Waals surface area contributed by atoms with Crippen molar-refractivity contribution in [3.8, 4) is 11.5 Å². The molecule has 0 spiro atoms. The molecule has 2 aromatic rings. The van der Waals surface area contributed by atoms with Crippen molar-refractivity contribution in [1.82, 2.24) is 0 Å². The summed E-state index contributed by atoms with van der Waals surface area (Å²) in [7, 11) is 0. The minimum atomic E-state index is -1.32. The van der Waals surface area contributed by atoms with E-state index < -0.39 is 23.5 Å². The quantitative estimate of drug-likeness (QED) is 0.432. The number of carbonyl (C=O) groups excluding carboxylic acids is 2. The lowest BCUT2D eigenvalue weighted by atomic mass is 10.2. The van der Waals surface area contributed by atoms with Crippen molar-refractivity contribution >= 4 is 33.6 Å². The van der Waals surface area contributed by atoms with E-state index >= 15 is 0 Å². The fourth-order valence-corrected chi connectivity index (χ4v) is 2.64. The summed E-state index contributed by atoms with van der Waals surface area (Å²) >= 11 is 3.31. The van der Waals surface area contributed by atoms with Crippen molar-refractivity contribution in [2.75, 3.05) is 5.32 Å². The van der Waals surface area contributed by atoms with Gasteiger partial charge in [0.25, 0.3) is 5.79 Å². The molecule has 3 rings (SSSR count). The van der Waals surface area contributed by atoms with Crippen LogP contribution in [0.25, 0.3) is 0 Å². The van der Waals surface area contributed by atoms with E-state index in [0.29, 0.717) is 11.4 Å². The highest BCUT2D eigenvalue weighted by Gasteiger charge is 2.38. The van der Waals surface area contributed by atoms with Gasteiger partial charge in [-0.05, 0) is 30.3 Å². The zero-order valence-electron chi connectivity index (χ0n) is 14.4. The molecule has 1 fully saturated rings. The second kappa shape index (κ2) is 7.40. The number of rotatable bonds is 4. The van der Waals surface area contributed by atoms with E-state index in [0.717, 1.165) is 10.7 Å². The molecule has 1 heterocycles. The van der Waals surface area contributed by atoms with E-state index in [1.54, 1.807) is 18.2 Å². The Labute approximate surface area is 163 Å². The molecule has 0 amide bonds.